The molecule has 0 aliphatic heterocycles. The third kappa shape index (κ3) is 4.21. The van der Waals surface area contributed by atoms with Crippen molar-refractivity contribution >= 4 is 28.9 Å². The zero-order valence-electron chi connectivity index (χ0n) is 16.2. The number of aromatic nitrogens is 1. The molecule has 0 aliphatic rings. The van der Waals surface area contributed by atoms with Crippen molar-refractivity contribution in [3.63, 3.8) is 0 Å². The van der Waals surface area contributed by atoms with E-state index in [0.717, 1.165) is 0 Å². The molecule has 3 rings (SSSR count). The first-order chi connectivity index (χ1) is 13.9. The van der Waals surface area contributed by atoms with Crippen molar-refractivity contribution in [2.45, 2.75) is 6.92 Å². The lowest BCUT2D eigenvalue weighted by Crippen LogP contribution is -2.21. The molecule has 2 heterocycles. The van der Waals surface area contributed by atoms with E-state index in [9.17, 15) is 14.4 Å². The van der Waals surface area contributed by atoms with E-state index in [0.29, 0.717) is 28.4 Å². The number of nitrogens with zero attached hydrogens (tertiary/aromatic N) is 1. The lowest BCUT2D eigenvalue weighted by atomic mass is 10.2. The summed E-state index contributed by atoms with van der Waals surface area (Å²) >= 11 is 0. The maximum Gasteiger partial charge on any atom is 0.340 e. The van der Waals surface area contributed by atoms with Gasteiger partial charge in [-0.3, -0.25) is 9.59 Å². The standard InChI is InChI=1S/C21H20N2O6/c1-13(24)18-11-15(17-6-4-5-9-23(17)18)21(26)29-12-20(25)22-16-10-14(27-2)7-8-19(16)28-3/h4-11H,12H2,1-3H3,(H,22,25). The van der Waals surface area contributed by atoms with Crippen molar-refractivity contribution < 1.29 is 28.6 Å². The Labute approximate surface area is 167 Å². The number of pyridine rings is 1. The van der Waals surface area contributed by atoms with E-state index in [1.807, 2.05) is 0 Å². The number of amides is 1. The number of carbonyl (C=O) groups is 3. The SMILES string of the molecule is COc1ccc(OC)c(NC(=O)COC(=O)c2cc(C(C)=O)n3ccccc23)c1. The smallest absolute Gasteiger partial charge is 0.340 e. The Hall–Kier alpha value is -3.81. The molecule has 0 unspecified atom stereocenters. The van der Waals surface area contributed by atoms with Crippen LogP contribution in [-0.4, -0.2) is 42.9 Å². The highest BCUT2D eigenvalue weighted by Gasteiger charge is 2.19. The summed E-state index contributed by atoms with van der Waals surface area (Å²) in [6, 6.07) is 11.6. The van der Waals surface area contributed by atoms with Crippen molar-refractivity contribution in [2.75, 3.05) is 26.1 Å². The highest BCUT2D eigenvalue weighted by atomic mass is 16.5. The molecule has 0 radical (unpaired) electrons. The first-order valence-electron chi connectivity index (χ1n) is 8.74. The highest BCUT2D eigenvalue weighted by Crippen LogP contribution is 2.28. The van der Waals surface area contributed by atoms with Gasteiger partial charge in [-0.05, 0) is 30.3 Å². The van der Waals surface area contributed by atoms with E-state index in [1.165, 1.54) is 27.2 Å². The average Bonchev–Trinajstić information content (AvgIpc) is 3.12. The Morgan fingerprint density at radius 1 is 1.03 bits per heavy atom. The number of esters is 1. The fourth-order valence-electron chi connectivity index (χ4n) is 2.89. The molecule has 0 fully saturated rings. The summed E-state index contributed by atoms with van der Waals surface area (Å²) < 4.78 is 17.1. The van der Waals surface area contributed by atoms with Gasteiger partial charge in [-0.1, -0.05) is 6.07 Å². The van der Waals surface area contributed by atoms with Crippen molar-refractivity contribution in [3.05, 3.63) is 59.9 Å². The lowest BCUT2D eigenvalue weighted by Gasteiger charge is -2.12. The number of ketones is 1. The average molecular weight is 396 g/mol. The summed E-state index contributed by atoms with van der Waals surface area (Å²) in [5.41, 5.74) is 1.49. The summed E-state index contributed by atoms with van der Waals surface area (Å²) in [7, 11) is 2.98. The molecule has 0 bridgehead atoms. The van der Waals surface area contributed by atoms with Gasteiger partial charge in [-0.25, -0.2) is 4.79 Å². The Balaban J connectivity index is 1.72. The lowest BCUT2D eigenvalue weighted by molar-refractivity contribution is -0.119. The number of methoxy groups -OCH3 is 2. The molecule has 150 valence electrons. The van der Waals surface area contributed by atoms with E-state index < -0.39 is 18.5 Å². The third-order valence-electron chi connectivity index (χ3n) is 4.27. The number of anilines is 1. The van der Waals surface area contributed by atoms with E-state index in [1.54, 1.807) is 47.0 Å². The molecular weight excluding hydrogens is 376 g/mol. The molecule has 1 aromatic carbocycles. The second-order valence-electron chi connectivity index (χ2n) is 6.15. The van der Waals surface area contributed by atoms with Crippen molar-refractivity contribution in [2.24, 2.45) is 0 Å². The van der Waals surface area contributed by atoms with Crippen LogP contribution in [0, 0.1) is 0 Å². The third-order valence-corrected chi connectivity index (χ3v) is 4.27. The molecular formula is C21H20N2O6. The van der Waals surface area contributed by atoms with Gasteiger partial charge in [0.1, 0.15) is 11.5 Å². The predicted octanol–water partition coefficient (Wildman–Crippen LogP) is 2.95. The second kappa shape index (κ2) is 8.47. The van der Waals surface area contributed by atoms with Gasteiger partial charge in [-0.2, -0.15) is 0 Å². The van der Waals surface area contributed by atoms with Crippen LogP contribution in [-0.2, 0) is 9.53 Å². The first kappa shape index (κ1) is 19.9. The molecule has 1 amide bonds. The van der Waals surface area contributed by atoms with Gasteiger partial charge in [0, 0.05) is 19.2 Å². The fourth-order valence-corrected chi connectivity index (χ4v) is 2.89. The first-order valence-corrected chi connectivity index (χ1v) is 8.74. The van der Waals surface area contributed by atoms with Crippen LogP contribution >= 0.6 is 0 Å². The second-order valence-corrected chi connectivity index (χ2v) is 6.15. The Morgan fingerprint density at radius 2 is 1.83 bits per heavy atom. The Kier molecular flexibility index (Phi) is 5.82. The minimum atomic E-state index is -0.700. The van der Waals surface area contributed by atoms with E-state index in [-0.39, 0.29) is 11.3 Å². The van der Waals surface area contributed by atoms with Crippen LogP contribution in [0.15, 0.2) is 48.7 Å². The largest absolute Gasteiger partial charge is 0.497 e. The number of hydrogen-bond donors (Lipinski definition) is 1. The number of ether oxygens (including phenoxy) is 3. The maximum absolute atomic E-state index is 12.5. The topological polar surface area (TPSA) is 95.3 Å². The zero-order chi connectivity index (χ0) is 21.0. The molecule has 0 saturated heterocycles. The van der Waals surface area contributed by atoms with Crippen molar-refractivity contribution in [1.82, 2.24) is 4.40 Å². The number of rotatable bonds is 7. The number of Topliss-reactive ketones (excluding diaryl/α,β-unsaturated/α-hetero) is 1. The molecule has 0 atom stereocenters. The predicted molar refractivity (Wildman–Crippen MR) is 106 cm³/mol. The molecule has 3 aromatic rings. The summed E-state index contributed by atoms with van der Waals surface area (Å²) in [6.45, 7) is 0.914. The Bertz CT molecular complexity index is 1090. The molecule has 29 heavy (non-hydrogen) atoms. The van der Waals surface area contributed by atoms with Crippen LogP contribution in [0.1, 0.15) is 27.8 Å². The minimum Gasteiger partial charge on any atom is -0.497 e. The van der Waals surface area contributed by atoms with Crippen LogP contribution in [0.4, 0.5) is 5.69 Å². The van der Waals surface area contributed by atoms with Crippen molar-refractivity contribution in [1.29, 1.82) is 0 Å². The number of carbonyl (C=O) groups excluding carboxylic acids is 3. The minimum absolute atomic E-state index is 0.187. The zero-order valence-corrected chi connectivity index (χ0v) is 16.2. The van der Waals surface area contributed by atoms with Crippen LogP contribution in [0.5, 0.6) is 11.5 Å². The van der Waals surface area contributed by atoms with Gasteiger partial charge in [-0.15, -0.1) is 0 Å². The molecule has 2 aromatic heterocycles. The Morgan fingerprint density at radius 3 is 2.52 bits per heavy atom. The molecule has 0 aliphatic carbocycles. The summed E-state index contributed by atoms with van der Waals surface area (Å²) in [5, 5.41) is 2.62. The normalized spacial score (nSPS) is 10.4. The molecule has 8 nitrogen and oxygen atoms in total. The number of benzene rings is 1. The maximum atomic E-state index is 12.5. The van der Waals surface area contributed by atoms with Crippen LogP contribution in [0.3, 0.4) is 0 Å². The summed E-state index contributed by atoms with van der Waals surface area (Å²) in [4.78, 5) is 36.6. The van der Waals surface area contributed by atoms with Gasteiger partial charge in [0.25, 0.3) is 5.91 Å². The molecule has 0 spiro atoms. The van der Waals surface area contributed by atoms with E-state index in [4.69, 9.17) is 14.2 Å². The highest BCUT2D eigenvalue weighted by molar-refractivity contribution is 6.04. The quantitative estimate of drug-likeness (QED) is 0.487. The van der Waals surface area contributed by atoms with Crippen molar-refractivity contribution in [3.8, 4) is 11.5 Å². The van der Waals surface area contributed by atoms with Gasteiger partial charge in [0.2, 0.25) is 0 Å². The van der Waals surface area contributed by atoms with Gasteiger partial charge in [0.15, 0.2) is 12.4 Å². The molecule has 1 N–H and O–H groups in total. The number of fused-ring (bicyclic) bond motifs is 1. The fraction of sp³-hybridized carbons (Fsp3) is 0.190. The van der Waals surface area contributed by atoms with Crippen LogP contribution in [0.25, 0.3) is 5.52 Å². The summed E-state index contributed by atoms with van der Waals surface area (Å²) in [6.07, 6.45) is 1.69. The number of nitrogens with one attached hydrogen (secondary N) is 1. The monoisotopic (exact) mass is 396 g/mol. The van der Waals surface area contributed by atoms with Crippen LogP contribution < -0.4 is 14.8 Å². The van der Waals surface area contributed by atoms with E-state index >= 15 is 0 Å². The number of hydrogen-bond acceptors (Lipinski definition) is 6. The van der Waals surface area contributed by atoms with Gasteiger partial charge < -0.3 is 23.9 Å². The van der Waals surface area contributed by atoms with Gasteiger partial charge in [0.05, 0.1) is 36.7 Å². The van der Waals surface area contributed by atoms with E-state index in [2.05, 4.69) is 5.32 Å². The van der Waals surface area contributed by atoms with Gasteiger partial charge >= 0.3 is 5.97 Å². The molecule has 8 heteroatoms. The summed E-state index contributed by atoms with van der Waals surface area (Å²) in [5.74, 6) is -0.451. The van der Waals surface area contributed by atoms with Crippen LogP contribution in [0.2, 0.25) is 0 Å². The molecule has 0 saturated carbocycles.